The molecule has 26 heavy (non-hydrogen) atoms. The molecule has 138 valence electrons. The van der Waals surface area contributed by atoms with Crippen LogP contribution in [0.2, 0.25) is 0 Å². The summed E-state index contributed by atoms with van der Waals surface area (Å²) in [6.45, 7) is 3.56. The number of esters is 1. The van der Waals surface area contributed by atoms with E-state index in [0.717, 1.165) is 18.4 Å². The van der Waals surface area contributed by atoms with Gasteiger partial charge in [-0.05, 0) is 40.9 Å². The standard InChI is InChI=1S/C19H21BrN2O4/c1-3-7-16(13-8-5-4-6-9-13)22-17(23)12(2)26-19(25)14-10-15(20)18(24)21-11-14/h4-6,8-12,16H,3,7H2,1-2H3,(H,21,24)(H,22,23)/t12-,16+/m0/s1. The summed E-state index contributed by atoms with van der Waals surface area (Å²) >= 11 is 3.05. The van der Waals surface area contributed by atoms with E-state index in [9.17, 15) is 14.4 Å². The SMILES string of the molecule is CCC[C@@H](NC(=O)[C@H](C)OC(=O)c1c[nH]c(=O)c(Br)c1)c1ccccc1. The third-order valence-corrected chi connectivity index (χ3v) is 4.43. The lowest BCUT2D eigenvalue weighted by atomic mass is 10.0. The van der Waals surface area contributed by atoms with E-state index in [1.54, 1.807) is 0 Å². The molecular formula is C19H21BrN2O4. The van der Waals surface area contributed by atoms with Gasteiger partial charge >= 0.3 is 5.97 Å². The van der Waals surface area contributed by atoms with E-state index < -0.39 is 12.1 Å². The van der Waals surface area contributed by atoms with Crippen LogP contribution in [0.5, 0.6) is 0 Å². The Hall–Kier alpha value is -2.41. The molecule has 0 fully saturated rings. The van der Waals surface area contributed by atoms with Crippen molar-refractivity contribution in [2.75, 3.05) is 0 Å². The topological polar surface area (TPSA) is 88.3 Å². The zero-order chi connectivity index (χ0) is 19.1. The highest BCUT2D eigenvalue weighted by atomic mass is 79.9. The van der Waals surface area contributed by atoms with Crippen molar-refractivity contribution in [3.63, 3.8) is 0 Å². The number of pyridine rings is 1. The minimum Gasteiger partial charge on any atom is -0.449 e. The van der Waals surface area contributed by atoms with Gasteiger partial charge in [-0.25, -0.2) is 4.79 Å². The second kappa shape index (κ2) is 9.33. The number of carbonyl (C=O) groups excluding carboxylic acids is 2. The second-order valence-corrected chi connectivity index (χ2v) is 6.73. The van der Waals surface area contributed by atoms with Gasteiger partial charge in [0.25, 0.3) is 11.5 Å². The number of rotatable bonds is 7. The average Bonchev–Trinajstić information content (AvgIpc) is 2.64. The smallest absolute Gasteiger partial charge is 0.340 e. The van der Waals surface area contributed by atoms with Gasteiger partial charge in [0.15, 0.2) is 6.10 Å². The first-order valence-corrected chi connectivity index (χ1v) is 9.16. The van der Waals surface area contributed by atoms with Crippen molar-refractivity contribution >= 4 is 27.8 Å². The summed E-state index contributed by atoms with van der Waals surface area (Å²) in [7, 11) is 0. The van der Waals surface area contributed by atoms with Crippen molar-refractivity contribution in [1.82, 2.24) is 10.3 Å². The van der Waals surface area contributed by atoms with Crippen LogP contribution in [-0.4, -0.2) is 23.0 Å². The van der Waals surface area contributed by atoms with E-state index in [0.29, 0.717) is 0 Å². The summed E-state index contributed by atoms with van der Waals surface area (Å²) < 4.78 is 5.43. The summed E-state index contributed by atoms with van der Waals surface area (Å²) in [6, 6.07) is 10.9. The molecule has 0 saturated carbocycles. The molecular weight excluding hydrogens is 400 g/mol. The van der Waals surface area contributed by atoms with Crippen LogP contribution in [0, 0.1) is 0 Å². The lowest BCUT2D eigenvalue weighted by Crippen LogP contribution is -2.38. The van der Waals surface area contributed by atoms with Crippen LogP contribution in [0.1, 0.15) is 48.7 Å². The molecule has 0 aliphatic carbocycles. The fourth-order valence-corrected chi connectivity index (χ4v) is 2.80. The number of carbonyl (C=O) groups is 2. The Balaban J connectivity index is 2.02. The maximum absolute atomic E-state index is 12.4. The maximum Gasteiger partial charge on any atom is 0.340 e. The zero-order valence-corrected chi connectivity index (χ0v) is 16.2. The van der Waals surface area contributed by atoms with Crippen LogP contribution >= 0.6 is 15.9 Å². The molecule has 0 aliphatic rings. The van der Waals surface area contributed by atoms with Crippen LogP contribution in [-0.2, 0) is 9.53 Å². The summed E-state index contributed by atoms with van der Waals surface area (Å²) in [5.74, 6) is -1.06. The van der Waals surface area contributed by atoms with Crippen LogP contribution in [0.3, 0.4) is 0 Å². The van der Waals surface area contributed by atoms with E-state index >= 15 is 0 Å². The minimum atomic E-state index is -0.962. The number of benzene rings is 1. The fraction of sp³-hybridized carbons (Fsp3) is 0.316. The Kier molecular flexibility index (Phi) is 7.15. The summed E-state index contributed by atoms with van der Waals surface area (Å²) in [5.41, 5.74) is 0.813. The Morgan fingerprint density at radius 3 is 2.58 bits per heavy atom. The van der Waals surface area contributed by atoms with Crippen molar-refractivity contribution in [1.29, 1.82) is 0 Å². The van der Waals surface area contributed by atoms with Crippen LogP contribution in [0.25, 0.3) is 0 Å². The average molecular weight is 421 g/mol. The van der Waals surface area contributed by atoms with Gasteiger partial charge in [-0.3, -0.25) is 9.59 Å². The molecule has 0 bridgehead atoms. The molecule has 1 amide bonds. The third kappa shape index (κ3) is 5.29. The second-order valence-electron chi connectivity index (χ2n) is 5.87. The van der Waals surface area contributed by atoms with Crippen molar-refractivity contribution in [2.45, 2.75) is 38.8 Å². The molecule has 7 heteroatoms. The molecule has 2 atom stereocenters. The molecule has 0 spiro atoms. The van der Waals surface area contributed by atoms with Crippen molar-refractivity contribution < 1.29 is 14.3 Å². The fourth-order valence-electron chi connectivity index (χ4n) is 2.44. The number of amides is 1. The molecule has 2 rings (SSSR count). The predicted octanol–water partition coefficient (Wildman–Crippen LogP) is 3.34. The minimum absolute atomic E-state index is 0.142. The molecule has 1 heterocycles. The van der Waals surface area contributed by atoms with Gasteiger partial charge in [0.1, 0.15) is 0 Å². The Bertz CT molecular complexity index is 820. The van der Waals surface area contributed by atoms with Gasteiger partial charge < -0.3 is 15.0 Å². The number of ether oxygens (including phenoxy) is 1. The van der Waals surface area contributed by atoms with Gasteiger partial charge in [-0.15, -0.1) is 0 Å². The summed E-state index contributed by atoms with van der Waals surface area (Å²) in [4.78, 5) is 38.3. The lowest BCUT2D eigenvalue weighted by molar-refractivity contribution is -0.129. The lowest BCUT2D eigenvalue weighted by Gasteiger charge is -2.21. The van der Waals surface area contributed by atoms with Gasteiger partial charge in [0, 0.05) is 6.20 Å². The molecule has 6 nitrogen and oxygen atoms in total. The maximum atomic E-state index is 12.4. The van der Waals surface area contributed by atoms with Gasteiger partial charge in [-0.2, -0.15) is 0 Å². The van der Waals surface area contributed by atoms with Crippen LogP contribution in [0.4, 0.5) is 0 Å². The monoisotopic (exact) mass is 420 g/mol. The first kappa shape index (κ1) is 19.9. The van der Waals surface area contributed by atoms with E-state index in [1.165, 1.54) is 19.2 Å². The number of aromatic nitrogens is 1. The van der Waals surface area contributed by atoms with E-state index in [1.807, 2.05) is 37.3 Å². The van der Waals surface area contributed by atoms with E-state index in [-0.39, 0.29) is 27.5 Å². The highest BCUT2D eigenvalue weighted by Crippen LogP contribution is 2.18. The number of H-pyrrole nitrogens is 1. The number of aromatic amines is 1. The van der Waals surface area contributed by atoms with Gasteiger partial charge in [0.2, 0.25) is 0 Å². The summed E-state index contributed by atoms with van der Waals surface area (Å²) in [5, 5.41) is 2.93. The van der Waals surface area contributed by atoms with E-state index in [2.05, 4.69) is 26.2 Å². The Labute approximate surface area is 160 Å². The number of halogens is 1. The number of hydrogen-bond donors (Lipinski definition) is 2. The van der Waals surface area contributed by atoms with Crippen molar-refractivity contribution in [2.24, 2.45) is 0 Å². The van der Waals surface area contributed by atoms with Gasteiger partial charge in [-0.1, -0.05) is 43.7 Å². The highest BCUT2D eigenvalue weighted by molar-refractivity contribution is 9.10. The van der Waals surface area contributed by atoms with Crippen molar-refractivity contribution in [3.05, 3.63) is 68.5 Å². The van der Waals surface area contributed by atoms with Crippen molar-refractivity contribution in [3.8, 4) is 0 Å². The van der Waals surface area contributed by atoms with Crippen LogP contribution in [0.15, 0.2) is 51.9 Å². The summed E-state index contributed by atoms with van der Waals surface area (Å²) in [6.07, 6.45) is 1.98. The molecule has 0 radical (unpaired) electrons. The molecule has 0 aliphatic heterocycles. The molecule has 0 unspecified atom stereocenters. The molecule has 0 saturated heterocycles. The van der Waals surface area contributed by atoms with Crippen LogP contribution < -0.4 is 10.9 Å². The van der Waals surface area contributed by atoms with Gasteiger partial charge in [0.05, 0.1) is 16.1 Å². The molecule has 1 aromatic carbocycles. The Morgan fingerprint density at radius 2 is 1.96 bits per heavy atom. The molecule has 2 N–H and O–H groups in total. The molecule has 2 aromatic rings. The number of hydrogen-bond acceptors (Lipinski definition) is 4. The van der Waals surface area contributed by atoms with E-state index in [4.69, 9.17) is 4.74 Å². The third-order valence-electron chi connectivity index (χ3n) is 3.84. The first-order valence-electron chi connectivity index (χ1n) is 8.37. The quantitative estimate of drug-likeness (QED) is 0.672. The molecule has 1 aromatic heterocycles. The highest BCUT2D eigenvalue weighted by Gasteiger charge is 2.22. The Morgan fingerprint density at radius 1 is 1.27 bits per heavy atom. The first-order chi connectivity index (χ1) is 12.4. The number of nitrogens with one attached hydrogen (secondary N) is 2. The largest absolute Gasteiger partial charge is 0.449 e. The predicted molar refractivity (Wildman–Crippen MR) is 102 cm³/mol. The zero-order valence-electron chi connectivity index (χ0n) is 14.6. The normalized spacial score (nSPS) is 12.9.